The van der Waals surface area contributed by atoms with Gasteiger partial charge in [-0.15, -0.1) is 0 Å². The molecule has 22 heavy (non-hydrogen) atoms. The zero-order valence-corrected chi connectivity index (χ0v) is 12.9. The van der Waals surface area contributed by atoms with E-state index in [1.54, 1.807) is 30.3 Å². The van der Waals surface area contributed by atoms with Crippen LogP contribution in [0.15, 0.2) is 42.6 Å². The minimum atomic E-state index is -0.939. The summed E-state index contributed by atoms with van der Waals surface area (Å²) in [6.07, 6.45) is 0.478. The second-order valence-electron chi connectivity index (χ2n) is 4.77. The number of halogens is 1. The lowest BCUT2D eigenvalue weighted by molar-refractivity contribution is -0.123. The van der Waals surface area contributed by atoms with Gasteiger partial charge in [-0.2, -0.15) is 0 Å². The highest BCUT2D eigenvalue weighted by atomic mass is 35.5. The first kappa shape index (κ1) is 16.0. The van der Waals surface area contributed by atoms with E-state index in [1.165, 1.54) is 13.1 Å². The average molecular weight is 319 g/mol. The van der Waals surface area contributed by atoms with Crippen molar-refractivity contribution in [1.82, 2.24) is 4.98 Å². The van der Waals surface area contributed by atoms with Gasteiger partial charge in [-0.25, -0.2) is 9.78 Å². The molecule has 6 heteroatoms. The summed E-state index contributed by atoms with van der Waals surface area (Å²) in [7, 11) is 0. The number of carbonyl (C=O) groups is 2. The molecule has 1 N–H and O–H groups in total. The lowest BCUT2D eigenvalue weighted by atomic mass is 10.1. The molecule has 1 aromatic heterocycles. The molecule has 0 aliphatic heterocycles. The normalized spacial score (nSPS) is 11.6. The van der Waals surface area contributed by atoms with Crippen molar-refractivity contribution in [2.75, 3.05) is 5.32 Å². The first-order chi connectivity index (χ1) is 10.5. The molecular weight excluding hydrogens is 304 g/mol. The minimum Gasteiger partial charge on any atom is -0.449 e. The number of anilines is 1. The zero-order chi connectivity index (χ0) is 16.1. The Morgan fingerprint density at radius 2 is 2.05 bits per heavy atom. The van der Waals surface area contributed by atoms with Gasteiger partial charge >= 0.3 is 5.97 Å². The molecule has 2 aromatic rings. The number of esters is 1. The van der Waals surface area contributed by atoms with Gasteiger partial charge in [0.05, 0.1) is 10.6 Å². The highest BCUT2D eigenvalue weighted by molar-refractivity contribution is 6.30. The van der Waals surface area contributed by atoms with E-state index < -0.39 is 18.0 Å². The summed E-state index contributed by atoms with van der Waals surface area (Å²) in [5.41, 5.74) is 1.35. The summed E-state index contributed by atoms with van der Waals surface area (Å²) in [6.45, 7) is 3.37. The molecule has 0 fully saturated rings. The van der Waals surface area contributed by atoms with Crippen LogP contribution in [0.5, 0.6) is 0 Å². The molecule has 1 heterocycles. The van der Waals surface area contributed by atoms with Crippen molar-refractivity contribution in [2.45, 2.75) is 20.0 Å². The lowest BCUT2D eigenvalue weighted by Crippen LogP contribution is -2.30. The summed E-state index contributed by atoms with van der Waals surface area (Å²) in [6, 6.07) is 10.1. The Bertz CT molecular complexity index is 686. The van der Waals surface area contributed by atoms with Crippen LogP contribution < -0.4 is 5.32 Å². The summed E-state index contributed by atoms with van der Waals surface area (Å²) in [5, 5.41) is 3.02. The highest BCUT2D eigenvalue weighted by Gasteiger charge is 2.19. The van der Waals surface area contributed by atoms with E-state index in [1.807, 2.05) is 13.0 Å². The highest BCUT2D eigenvalue weighted by Crippen LogP contribution is 2.11. The molecule has 0 aliphatic rings. The average Bonchev–Trinajstić information content (AvgIpc) is 2.49. The van der Waals surface area contributed by atoms with Crippen molar-refractivity contribution in [3.63, 3.8) is 0 Å². The van der Waals surface area contributed by atoms with Crippen LogP contribution in [0.3, 0.4) is 0 Å². The fraction of sp³-hybridized carbons (Fsp3) is 0.188. The van der Waals surface area contributed by atoms with Crippen LogP contribution >= 0.6 is 11.6 Å². The number of pyridine rings is 1. The molecule has 0 aliphatic carbocycles. The van der Waals surface area contributed by atoms with Gasteiger partial charge in [0, 0.05) is 6.20 Å². The molecule has 1 unspecified atom stereocenters. The maximum atomic E-state index is 12.0. The van der Waals surface area contributed by atoms with Crippen LogP contribution in [0.2, 0.25) is 5.02 Å². The number of amides is 1. The van der Waals surface area contributed by atoms with Crippen molar-refractivity contribution in [3.05, 3.63) is 58.7 Å². The standard InChI is InChI=1S/C16H15ClN2O3/c1-10-4-3-5-12(8-10)16(21)22-11(2)15(20)19-14-7-6-13(17)9-18-14/h3-9,11H,1-2H3,(H,18,19,20). The second kappa shape index (κ2) is 7.04. The molecule has 0 spiro atoms. The van der Waals surface area contributed by atoms with Crippen molar-refractivity contribution >= 4 is 29.3 Å². The molecule has 1 aromatic carbocycles. The van der Waals surface area contributed by atoms with Gasteiger partial charge < -0.3 is 10.1 Å². The largest absolute Gasteiger partial charge is 0.449 e. The second-order valence-corrected chi connectivity index (χ2v) is 5.20. The third kappa shape index (κ3) is 4.30. The van der Waals surface area contributed by atoms with Crippen LogP contribution in [0.1, 0.15) is 22.8 Å². The lowest BCUT2D eigenvalue weighted by Gasteiger charge is -2.13. The van der Waals surface area contributed by atoms with Gasteiger partial charge in [0.1, 0.15) is 5.82 Å². The summed E-state index contributed by atoms with van der Waals surface area (Å²) in [5.74, 6) is -0.668. The first-order valence-electron chi connectivity index (χ1n) is 6.66. The number of ether oxygens (including phenoxy) is 1. The van der Waals surface area contributed by atoms with Crippen molar-refractivity contribution in [1.29, 1.82) is 0 Å². The van der Waals surface area contributed by atoms with Crippen molar-refractivity contribution in [3.8, 4) is 0 Å². The summed E-state index contributed by atoms with van der Waals surface area (Å²) >= 11 is 5.72. The number of hydrogen-bond donors (Lipinski definition) is 1. The Hall–Kier alpha value is -2.40. The topological polar surface area (TPSA) is 68.3 Å². The van der Waals surface area contributed by atoms with Crippen molar-refractivity contribution < 1.29 is 14.3 Å². The van der Waals surface area contributed by atoms with E-state index >= 15 is 0 Å². The fourth-order valence-corrected chi connectivity index (χ4v) is 1.84. The van der Waals surface area contributed by atoms with Crippen LogP contribution in [0, 0.1) is 6.92 Å². The number of benzene rings is 1. The Labute approximate surface area is 133 Å². The predicted octanol–water partition coefficient (Wildman–Crippen LogP) is 3.23. The molecule has 2 rings (SSSR count). The van der Waals surface area contributed by atoms with Crippen molar-refractivity contribution in [2.24, 2.45) is 0 Å². The van der Waals surface area contributed by atoms with Crippen LogP contribution in [0.4, 0.5) is 5.82 Å². The smallest absolute Gasteiger partial charge is 0.338 e. The zero-order valence-electron chi connectivity index (χ0n) is 12.2. The molecule has 0 radical (unpaired) electrons. The quantitative estimate of drug-likeness (QED) is 0.879. The Kier molecular flexibility index (Phi) is 5.12. The Morgan fingerprint density at radius 3 is 2.68 bits per heavy atom. The maximum absolute atomic E-state index is 12.0. The molecule has 0 saturated heterocycles. The summed E-state index contributed by atoms with van der Waals surface area (Å²) < 4.78 is 5.14. The summed E-state index contributed by atoms with van der Waals surface area (Å²) in [4.78, 5) is 27.9. The third-order valence-electron chi connectivity index (χ3n) is 2.89. The maximum Gasteiger partial charge on any atom is 0.338 e. The molecule has 1 atom stereocenters. The monoisotopic (exact) mass is 318 g/mol. The van der Waals surface area contributed by atoms with Gasteiger partial charge in [-0.05, 0) is 38.1 Å². The molecule has 1 amide bonds. The number of nitrogens with zero attached hydrogens (tertiary/aromatic N) is 1. The molecule has 0 saturated carbocycles. The van der Waals surface area contributed by atoms with Gasteiger partial charge in [0.2, 0.25) is 0 Å². The molecule has 0 bridgehead atoms. The van der Waals surface area contributed by atoms with E-state index in [0.29, 0.717) is 16.4 Å². The van der Waals surface area contributed by atoms with E-state index in [2.05, 4.69) is 10.3 Å². The number of carbonyl (C=O) groups excluding carboxylic acids is 2. The Balaban J connectivity index is 1.96. The van der Waals surface area contributed by atoms with E-state index in [9.17, 15) is 9.59 Å². The van der Waals surface area contributed by atoms with Crippen LogP contribution in [-0.4, -0.2) is 23.0 Å². The van der Waals surface area contributed by atoms with E-state index in [-0.39, 0.29) is 0 Å². The van der Waals surface area contributed by atoms with E-state index in [4.69, 9.17) is 16.3 Å². The Morgan fingerprint density at radius 1 is 1.27 bits per heavy atom. The third-order valence-corrected chi connectivity index (χ3v) is 3.11. The van der Waals surface area contributed by atoms with Gasteiger partial charge in [0.25, 0.3) is 5.91 Å². The fourth-order valence-electron chi connectivity index (χ4n) is 1.73. The van der Waals surface area contributed by atoms with Gasteiger partial charge in [-0.3, -0.25) is 4.79 Å². The molecular formula is C16H15ClN2O3. The first-order valence-corrected chi connectivity index (χ1v) is 7.03. The number of rotatable bonds is 4. The van der Waals surface area contributed by atoms with E-state index in [0.717, 1.165) is 5.56 Å². The molecule has 114 valence electrons. The number of aryl methyl sites for hydroxylation is 1. The number of aromatic nitrogens is 1. The van der Waals surface area contributed by atoms with Gasteiger partial charge in [0.15, 0.2) is 6.10 Å². The minimum absolute atomic E-state index is 0.341. The molecule has 5 nitrogen and oxygen atoms in total. The van der Waals surface area contributed by atoms with Gasteiger partial charge in [-0.1, -0.05) is 29.3 Å². The SMILES string of the molecule is Cc1cccc(C(=O)OC(C)C(=O)Nc2ccc(Cl)cn2)c1. The number of hydrogen-bond acceptors (Lipinski definition) is 4. The van der Waals surface area contributed by atoms with Crippen LogP contribution in [-0.2, 0) is 9.53 Å². The predicted molar refractivity (Wildman–Crippen MR) is 83.9 cm³/mol. The van der Waals surface area contributed by atoms with Crippen LogP contribution in [0.25, 0.3) is 0 Å². The number of nitrogens with one attached hydrogen (secondary N) is 1.